The summed E-state index contributed by atoms with van der Waals surface area (Å²) in [6.45, 7) is 2.37. The highest BCUT2D eigenvalue weighted by Crippen LogP contribution is 2.24. The Morgan fingerprint density at radius 2 is 1.63 bits per heavy atom. The van der Waals surface area contributed by atoms with E-state index in [0.29, 0.717) is 19.0 Å². The van der Waals surface area contributed by atoms with Crippen molar-refractivity contribution >= 4 is 0 Å². The standard InChI is InChI=1S/C14H25F3N2/c15-14(16,17)11-19-7-6-13(10-19)9-18-8-12-4-2-1-3-5-12/h12-13,18H,1-11H2. The van der Waals surface area contributed by atoms with Gasteiger partial charge in [-0.2, -0.15) is 13.2 Å². The van der Waals surface area contributed by atoms with Crippen LogP contribution in [0.1, 0.15) is 38.5 Å². The molecule has 1 heterocycles. The normalized spacial score (nSPS) is 27.0. The molecule has 0 aromatic carbocycles. The zero-order valence-corrected chi connectivity index (χ0v) is 11.5. The van der Waals surface area contributed by atoms with Gasteiger partial charge in [0.25, 0.3) is 0 Å². The van der Waals surface area contributed by atoms with Gasteiger partial charge in [-0.15, -0.1) is 0 Å². The van der Waals surface area contributed by atoms with Crippen molar-refractivity contribution < 1.29 is 13.2 Å². The largest absolute Gasteiger partial charge is 0.401 e. The van der Waals surface area contributed by atoms with Crippen molar-refractivity contribution in [3.63, 3.8) is 0 Å². The lowest BCUT2D eigenvalue weighted by molar-refractivity contribution is -0.143. The molecule has 0 radical (unpaired) electrons. The first-order valence-corrected chi connectivity index (χ1v) is 7.53. The fourth-order valence-electron chi connectivity index (χ4n) is 3.36. The van der Waals surface area contributed by atoms with Gasteiger partial charge in [0.05, 0.1) is 6.54 Å². The molecule has 5 heteroatoms. The first kappa shape index (κ1) is 15.1. The SMILES string of the molecule is FC(F)(F)CN1CCC(CNCC2CCCCC2)C1. The molecule has 2 fully saturated rings. The van der Waals surface area contributed by atoms with Gasteiger partial charge in [-0.25, -0.2) is 0 Å². The van der Waals surface area contributed by atoms with E-state index < -0.39 is 12.7 Å². The number of likely N-dealkylation sites (tertiary alicyclic amines) is 1. The molecule has 1 N–H and O–H groups in total. The maximum Gasteiger partial charge on any atom is 0.401 e. The predicted octanol–water partition coefficient (Wildman–Crippen LogP) is 3.04. The quantitative estimate of drug-likeness (QED) is 0.831. The Balaban J connectivity index is 1.57. The van der Waals surface area contributed by atoms with Gasteiger partial charge in [-0.1, -0.05) is 19.3 Å². The highest BCUT2D eigenvalue weighted by molar-refractivity contribution is 4.79. The van der Waals surface area contributed by atoms with E-state index in [-0.39, 0.29) is 0 Å². The van der Waals surface area contributed by atoms with Crippen LogP contribution in [0.5, 0.6) is 0 Å². The van der Waals surface area contributed by atoms with Crippen LogP contribution >= 0.6 is 0 Å². The third kappa shape index (κ3) is 5.69. The first-order valence-electron chi connectivity index (χ1n) is 7.53. The summed E-state index contributed by atoms with van der Waals surface area (Å²) in [5, 5.41) is 3.47. The average molecular weight is 278 g/mol. The van der Waals surface area contributed by atoms with Crippen LogP contribution in [0.25, 0.3) is 0 Å². The van der Waals surface area contributed by atoms with Gasteiger partial charge >= 0.3 is 6.18 Å². The number of rotatable bonds is 5. The van der Waals surface area contributed by atoms with Gasteiger partial charge in [0.1, 0.15) is 0 Å². The molecule has 1 saturated carbocycles. The van der Waals surface area contributed by atoms with E-state index in [1.165, 1.54) is 37.0 Å². The maximum atomic E-state index is 12.3. The van der Waals surface area contributed by atoms with Crippen molar-refractivity contribution in [2.75, 3.05) is 32.7 Å². The number of nitrogens with one attached hydrogen (secondary N) is 1. The second kappa shape index (κ2) is 6.93. The molecule has 1 aliphatic heterocycles. The third-order valence-corrected chi connectivity index (χ3v) is 4.36. The number of nitrogens with zero attached hydrogens (tertiary/aromatic N) is 1. The number of hydrogen-bond acceptors (Lipinski definition) is 2. The third-order valence-electron chi connectivity index (χ3n) is 4.36. The van der Waals surface area contributed by atoms with Crippen LogP contribution < -0.4 is 5.32 Å². The summed E-state index contributed by atoms with van der Waals surface area (Å²) in [4.78, 5) is 1.53. The first-order chi connectivity index (χ1) is 9.03. The fraction of sp³-hybridized carbons (Fsp3) is 1.00. The molecule has 0 spiro atoms. The van der Waals surface area contributed by atoms with Crippen molar-refractivity contribution in [1.82, 2.24) is 10.2 Å². The Morgan fingerprint density at radius 3 is 2.32 bits per heavy atom. The highest BCUT2D eigenvalue weighted by Gasteiger charge is 2.34. The van der Waals surface area contributed by atoms with Crippen LogP contribution in [0.4, 0.5) is 13.2 Å². The molecule has 112 valence electrons. The zero-order chi connectivity index (χ0) is 13.7. The Kier molecular flexibility index (Phi) is 5.51. The van der Waals surface area contributed by atoms with E-state index in [1.54, 1.807) is 0 Å². The minimum absolute atomic E-state index is 0.394. The van der Waals surface area contributed by atoms with Crippen LogP contribution in [-0.4, -0.2) is 43.8 Å². The van der Waals surface area contributed by atoms with Crippen LogP contribution in [-0.2, 0) is 0 Å². The Hall–Kier alpha value is -0.290. The summed E-state index contributed by atoms with van der Waals surface area (Å²) in [5.41, 5.74) is 0. The van der Waals surface area contributed by atoms with E-state index >= 15 is 0 Å². The van der Waals surface area contributed by atoms with E-state index in [9.17, 15) is 13.2 Å². The molecule has 0 amide bonds. The number of alkyl halides is 3. The molecule has 0 aromatic heterocycles. The summed E-state index contributed by atoms with van der Waals surface area (Å²) < 4.78 is 36.8. The zero-order valence-electron chi connectivity index (χ0n) is 11.5. The molecule has 0 aromatic rings. The van der Waals surface area contributed by atoms with Crippen molar-refractivity contribution in [3.8, 4) is 0 Å². The van der Waals surface area contributed by atoms with E-state index in [1.807, 2.05) is 0 Å². The van der Waals surface area contributed by atoms with Gasteiger partial charge in [0.2, 0.25) is 0 Å². The highest BCUT2D eigenvalue weighted by atomic mass is 19.4. The lowest BCUT2D eigenvalue weighted by Crippen LogP contribution is -2.34. The molecule has 2 nitrogen and oxygen atoms in total. The Bertz CT molecular complexity index is 262. The fourth-order valence-corrected chi connectivity index (χ4v) is 3.36. The van der Waals surface area contributed by atoms with E-state index in [0.717, 1.165) is 25.4 Å². The van der Waals surface area contributed by atoms with Crippen LogP contribution in [0.3, 0.4) is 0 Å². The molecule has 1 aliphatic carbocycles. The molecule has 2 aliphatic rings. The van der Waals surface area contributed by atoms with E-state index in [2.05, 4.69) is 5.32 Å². The molecular formula is C14H25F3N2. The summed E-state index contributed by atoms with van der Waals surface area (Å²) in [6.07, 6.45) is 3.53. The van der Waals surface area contributed by atoms with Crippen LogP contribution in [0, 0.1) is 11.8 Å². The summed E-state index contributed by atoms with van der Waals surface area (Å²) in [5.74, 6) is 1.19. The molecule has 0 bridgehead atoms. The maximum absolute atomic E-state index is 12.3. The predicted molar refractivity (Wildman–Crippen MR) is 70.0 cm³/mol. The molecular weight excluding hydrogens is 253 g/mol. The van der Waals surface area contributed by atoms with Gasteiger partial charge in [0.15, 0.2) is 0 Å². The monoisotopic (exact) mass is 278 g/mol. The Morgan fingerprint density at radius 1 is 0.947 bits per heavy atom. The van der Waals surface area contributed by atoms with Crippen molar-refractivity contribution in [2.45, 2.75) is 44.7 Å². The lowest BCUT2D eigenvalue weighted by atomic mass is 9.89. The van der Waals surface area contributed by atoms with Gasteiger partial charge in [-0.3, -0.25) is 4.90 Å². The lowest BCUT2D eigenvalue weighted by Gasteiger charge is -2.23. The summed E-state index contributed by atoms with van der Waals surface area (Å²) in [7, 11) is 0. The minimum atomic E-state index is -4.05. The van der Waals surface area contributed by atoms with Crippen LogP contribution in [0.15, 0.2) is 0 Å². The van der Waals surface area contributed by atoms with Gasteiger partial charge < -0.3 is 5.32 Å². The topological polar surface area (TPSA) is 15.3 Å². The summed E-state index contributed by atoms with van der Waals surface area (Å²) >= 11 is 0. The second-order valence-electron chi connectivity index (χ2n) is 6.17. The number of hydrogen-bond donors (Lipinski definition) is 1. The van der Waals surface area contributed by atoms with Crippen molar-refractivity contribution in [3.05, 3.63) is 0 Å². The van der Waals surface area contributed by atoms with Crippen molar-refractivity contribution in [1.29, 1.82) is 0 Å². The average Bonchev–Trinajstić information content (AvgIpc) is 2.76. The number of halogens is 3. The molecule has 1 atom stereocenters. The van der Waals surface area contributed by atoms with E-state index in [4.69, 9.17) is 0 Å². The Labute approximate surface area is 113 Å². The molecule has 2 rings (SSSR count). The van der Waals surface area contributed by atoms with Gasteiger partial charge in [-0.05, 0) is 50.7 Å². The van der Waals surface area contributed by atoms with Crippen LogP contribution in [0.2, 0.25) is 0 Å². The van der Waals surface area contributed by atoms with Crippen molar-refractivity contribution in [2.24, 2.45) is 11.8 Å². The molecule has 1 saturated heterocycles. The molecule has 19 heavy (non-hydrogen) atoms. The summed E-state index contributed by atoms with van der Waals surface area (Å²) in [6, 6.07) is 0. The van der Waals surface area contributed by atoms with Gasteiger partial charge in [0, 0.05) is 6.54 Å². The second-order valence-corrected chi connectivity index (χ2v) is 6.17. The minimum Gasteiger partial charge on any atom is -0.316 e. The smallest absolute Gasteiger partial charge is 0.316 e. The molecule has 1 unspecified atom stereocenters.